The van der Waals surface area contributed by atoms with Crippen molar-refractivity contribution in [3.63, 3.8) is 0 Å². The SMILES string of the molecule is C[C@@H]1CN(CC(=O)NNC(=O)c2cc(Br)cc3c2cnn3C)CCO1. The van der Waals surface area contributed by atoms with Crippen molar-refractivity contribution >= 4 is 38.6 Å². The molecule has 1 aliphatic rings. The summed E-state index contributed by atoms with van der Waals surface area (Å²) in [5.41, 5.74) is 6.21. The molecule has 0 saturated carbocycles. The number of morpholine rings is 1. The number of carbonyl (C=O) groups excluding carboxylic acids is 2. The molecular formula is C16H20BrN5O3. The lowest BCUT2D eigenvalue weighted by Gasteiger charge is -2.30. The monoisotopic (exact) mass is 409 g/mol. The van der Waals surface area contributed by atoms with Crippen LogP contribution in [0.2, 0.25) is 0 Å². The van der Waals surface area contributed by atoms with Gasteiger partial charge in [0, 0.05) is 30.0 Å². The van der Waals surface area contributed by atoms with E-state index in [2.05, 4.69) is 31.9 Å². The molecule has 0 aliphatic carbocycles. The molecule has 25 heavy (non-hydrogen) atoms. The average molecular weight is 410 g/mol. The lowest BCUT2D eigenvalue weighted by molar-refractivity contribution is -0.124. The van der Waals surface area contributed by atoms with E-state index in [-0.39, 0.29) is 24.5 Å². The number of hydrogen-bond acceptors (Lipinski definition) is 5. The maximum Gasteiger partial charge on any atom is 0.270 e. The quantitative estimate of drug-likeness (QED) is 0.732. The summed E-state index contributed by atoms with van der Waals surface area (Å²) in [5, 5.41) is 4.89. The molecule has 134 valence electrons. The number of hydrogen-bond donors (Lipinski definition) is 2. The summed E-state index contributed by atoms with van der Waals surface area (Å²) < 4.78 is 7.90. The van der Waals surface area contributed by atoms with E-state index in [1.54, 1.807) is 16.9 Å². The third-order valence-electron chi connectivity index (χ3n) is 4.08. The summed E-state index contributed by atoms with van der Waals surface area (Å²) in [6.07, 6.45) is 1.74. The third-order valence-corrected chi connectivity index (χ3v) is 4.54. The number of benzene rings is 1. The number of nitrogens with one attached hydrogen (secondary N) is 2. The Morgan fingerprint density at radius 3 is 2.96 bits per heavy atom. The smallest absolute Gasteiger partial charge is 0.270 e. The van der Waals surface area contributed by atoms with Gasteiger partial charge < -0.3 is 4.74 Å². The third kappa shape index (κ3) is 4.17. The highest BCUT2D eigenvalue weighted by Gasteiger charge is 2.20. The highest BCUT2D eigenvalue weighted by molar-refractivity contribution is 9.10. The van der Waals surface area contributed by atoms with Gasteiger partial charge in [0.05, 0.1) is 36.5 Å². The van der Waals surface area contributed by atoms with Gasteiger partial charge in [-0.3, -0.25) is 30.0 Å². The van der Waals surface area contributed by atoms with Crippen LogP contribution in [0.5, 0.6) is 0 Å². The number of fused-ring (bicyclic) bond motifs is 1. The Labute approximate surface area is 153 Å². The second kappa shape index (κ2) is 7.51. The molecule has 2 amide bonds. The molecule has 8 nitrogen and oxygen atoms in total. The van der Waals surface area contributed by atoms with Crippen LogP contribution >= 0.6 is 15.9 Å². The molecule has 9 heteroatoms. The van der Waals surface area contributed by atoms with Gasteiger partial charge in [-0.05, 0) is 19.1 Å². The van der Waals surface area contributed by atoms with Gasteiger partial charge in [-0.1, -0.05) is 15.9 Å². The Balaban J connectivity index is 1.62. The number of rotatable bonds is 3. The fraction of sp³-hybridized carbons (Fsp3) is 0.438. The molecule has 1 atom stereocenters. The van der Waals surface area contributed by atoms with Crippen molar-refractivity contribution in [2.45, 2.75) is 13.0 Å². The van der Waals surface area contributed by atoms with Crippen LogP contribution in [-0.2, 0) is 16.6 Å². The van der Waals surface area contributed by atoms with Crippen molar-refractivity contribution in [1.82, 2.24) is 25.5 Å². The number of nitrogens with zero attached hydrogens (tertiary/aromatic N) is 3. The predicted octanol–water partition coefficient (Wildman–Crippen LogP) is 0.817. The minimum atomic E-state index is -0.386. The molecule has 0 spiro atoms. The zero-order valence-electron chi connectivity index (χ0n) is 14.1. The minimum Gasteiger partial charge on any atom is -0.376 e. The van der Waals surface area contributed by atoms with Crippen LogP contribution in [-0.4, -0.2) is 58.8 Å². The Morgan fingerprint density at radius 2 is 2.20 bits per heavy atom. The second-order valence-electron chi connectivity index (χ2n) is 6.07. The van der Waals surface area contributed by atoms with Crippen molar-refractivity contribution < 1.29 is 14.3 Å². The molecule has 2 N–H and O–H groups in total. The van der Waals surface area contributed by atoms with Crippen LogP contribution in [0.3, 0.4) is 0 Å². The lowest BCUT2D eigenvalue weighted by atomic mass is 10.1. The molecule has 2 heterocycles. The van der Waals surface area contributed by atoms with Crippen LogP contribution in [0.4, 0.5) is 0 Å². The molecule has 1 aliphatic heterocycles. The predicted molar refractivity (Wildman–Crippen MR) is 95.9 cm³/mol. The van der Waals surface area contributed by atoms with E-state index in [1.807, 2.05) is 24.9 Å². The molecule has 0 unspecified atom stereocenters. The van der Waals surface area contributed by atoms with Crippen molar-refractivity contribution in [3.8, 4) is 0 Å². The number of halogens is 1. The summed E-state index contributed by atoms with van der Waals surface area (Å²) in [6, 6.07) is 3.59. The highest BCUT2D eigenvalue weighted by Crippen LogP contribution is 2.23. The van der Waals surface area contributed by atoms with Gasteiger partial charge in [0.2, 0.25) is 0 Å². The number of aromatic nitrogens is 2. The second-order valence-corrected chi connectivity index (χ2v) is 6.99. The van der Waals surface area contributed by atoms with E-state index < -0.39 is 0 Å². The molecule has 3 rings (SSSR count). The van der Waals surface area contributed by atoms with Crippen LogP contribution in [0.15, 0.2) is 22.8 Å². The molecule has 1 fully saturated rings. The van der Waals surface area contributed by atoms with Crippen LogP contribution in [0.1, 0.15) is 17.3 Å². The van der Waals surface area contributed by atoms with Gasteiger partial charge in [0.15, 0.2) is 0 Å². The van der Waals surface area contributed by atoms with Crippen molar-refractivity contribution in [1.29, 1.82) is 0 Å². The fourth-order valence-corrected chi connectivity index (χ4v) is 3.32. The number of amides is 2. The molecule has 1 aromatic heterocycles. The van der Waals surface area contributed by atoms with Crippen molar-refractivity contribution in [2.24, 2.45) is 7.05 Å². The Morgan fingerprint density at radius 1 is 1.40 bits per heavy atom. The zero-order chi connectivity index (χ0) is 18.0. The van der Waals surface area contributed by atoms with E-state index in [9.17, 15) is 9.59 Å². The molecule has 2 aromatic rings. The number of carbonyl (C=O) groups is 2. The lowest BCUT2D eigenvalue weighted by Crippen LogP contribution is -2.50. The van der Waals surface area contributed by atoms with Crippen LogP contribution < -0.4 is 10.9 Å². The topological polar surface area (TPSA) is 88.5 Å². The Hall–Kier alpha value is -1.97. The standard InChI is InChI=1S/C16H20BrN5O3/c1-10-8-22(3-4-25-10)9-15(23)19-20-16(24)12-5-11(17)6-14-13(12)7-18-21(14)2/h5-7,10H,3-4,8-9H2,1-2H3,(H,19,23)(H,20,24)/t10-/m1/s1. The fourth-order valence-electron chi connectivity index (χ4n) is 2.87. The first-order valence-corrected chi connectivity index (χ1v) is 8.77. The van der Waals surface area contributed by atoms with Crippen molar-refractivity contribution in [3.05, 3.63) is 28.4 Å². The molecule has 0 bridgehead atoms. The van der Waals surface area contributed by atoms with Gasteiger partial charge in [0.1, 0.15) is 0 Å². The summed E-state index contributed by atoms with van der Waals surface area (Å²) in [7, 11) is 1.81. The largest absolute Gasteiger partial charge is 0.376 e. The highest BCUT2D eigenvalue weighted by atomic mass is 79.9. The van der Waals surface area contributed by atoms with E-state index in [0.29, 0.717) is 25.3 Å². The Kier molecular flexibility index (Phi) is 5.36. The first-order chi connectivity index (χ1) is 11.9. The van der Waals surface area contributed by atoms with E-state index >= 15 is 0 Å². The van der Waals surface area contributed by atoms with E-state index in [1.165, 1.54) is 0 Å². The van der Waals surface area contributed by atoms with Crippen LogP contribution in [0, 0.1) is 0 Å². The first-order valence-electron chi connectivity index (χ1n) is 7.98. The normalized spacial score (nSPS) is 18.3. The van der Waals surface area contributed by atoms with Gasteiger partial charge in [-0.15, -0.1) is 0 Å². The molecule has 1 aromatic carbocycles. The number of ether oxygens (including phenoxy) is 1. The van der Waals surface area contributed by atoms with Gasteiger partial charge in [0.25, 0.3) is 11.8 Å². The number of aryl methyl sites for hydroxylation is 1. The molecule has 1 saturated heterocycles. The minimum absolute atomic E-state index is 0.108. The summed E-state index contributed by atoms with van der Waals surface area (Å²) >= 11 is 3.39. The van der Waals surface area contributed by atoms with Gasteiger partial charge in [-0.2, -0.15) is 5.10 Å². The van der Waals surface area contributed by atoms with E-state index in [4.69, 9.17) is 4.74 Å². The van der Waals surface area contributed by atoms with E-state index in [0.717, 1.165) is 15.4 Å². The van der Waals surface area contributed by atoms with Crippen molar-refractivity contribution in [2.75, 3.05) is 26.2 Å². The summed E-state index contributed by atoms with van der Waals surface area (Å²) in [5.74, 6) is -0.650. The maximum atomic E-state index is 12.5. The summed E-state index contributed by atoms with van der Waals surface area (Å²) in [6.45, 7) is 4.20. The maximum absolute atomic E-state index is 12.5. The van der Waals surface area contributed by atoms with Gasteiger partial charge >= 0.3 is 0 Å². The van der Waals surface area contributed by atoms with Gasteiger partial charge in [-0.25, -0.2) is 0 Å². The zero-order valence-corrected chi connectivity index (χ0v) is 15.7. The van der Waals surface area contributed by atoms with Crippen LogP contribution in [0.25, 0.3) is 10.9 Å². The molecule has 0 radical (unpaired) electrons. The first kappa shape index (κ1) is 17.8. The summed E-state index contributed by atoms with van der Waals surface area (Å²) in [4.78, 5) is 26.5. The molecular weight excluding hydrogens is 390 g/mol. The Bertz CT molecular complexity index is 806. The average Bonchev–Trinajstić information content (AvgIpc) is 2.93. The number of hydrazine groups is 1.